The zero-order valence-corrected chi connectivity index (χ0v) is 16.9. The third-order valence-electron chi connectivity index (χ3n) is 5.04. The molecule has 2 rings (SSSR count). The number of aliphatic imine (C=N–C) groups is 1. The van der Waals surface area contributed by atoms with Crippen LogP contribution in [0.25, 0.3) is 0 Å². The monoisotopic (exact) mass is 382 g/mol. The van der Waals surface area contributed by atoms with Crippen LogP contribution in [-0.4, -0.2) is 87.2 Å². The summed E-state index contributed by atoms with van der Waals surface area (Å²) >= 11 is 0. The number of carbonyl (C=O) groups is 2. The SMILES string of the molecule is CCOC(=O)C1CCN(C(=NCC(=O)N(C)C)NCC2CCCCO2)CC1. The van der Waals surface area contributed by atoms with Crippen molar-refractivity contribution in [2.45, 2.75) is 45.1 Å². The van der Waals surface area contributed by atoms with Crippen LogP contribution in [0.1, 0.15) is 39.0 Å². The zero-order valence-electron chi connectivity index (χ0n) is 16.9. The van der Waals surface area contributed by atoms with Crippen LogP contribution >= 0.6 is 0 Å². The molecule has 0 aromatic carbocycles. The molecule has 2 aliphatic heterocycles. The third kappa shape index (κ3) is 7.01. The van der Waals surface area contributed by atoms with Crippen molar-refractivity contribution in [1.82, 2.24) is 15.1 Å². The van der Waals surface area contributed by atoms with Crippen LogP contribution < -0.4 is 5.32 Å². The second-order valence-electron chi connectivity index (χ2n) is 7.31. The van der Waals surface area contributed by atoms with Gasteiger partial charge in [0.1, 0.15) is 6.54 Å². The summed E-state index contributed by atoms with van der Waals surface area (Å²) in [6.45, 7) is 5.29. The number of rotatable bonds is 6. The van der Waals surface area contributed by atoms with Gasteiger partial charge in [0.15, 0.2) is 5.96 Å². The number of nitrogens with zero attached hydrogens (tertiary/aromatic N) is 3. The molecule has 1 atom stereocenters. The first-order chi connectivity index (χ1) is 13.0. The molecule has 2 heterocycles. The minimum absolute atomic E-state index is 0.0374. The molecule has 1 N–H and O–H groups in total. The van der Waals surface area contributed by atoms with E-state index < -0.39 is 0 Å². The summed E-state index contributed by atoms with van der Waals surface area (Å²) in [6, 6.07) is 0. The maximum absolute atomic E-state index is 11.9. The summed E-state index contributed by atoms with van der Waals surface area (Å²) in [5.41, 5.74) is 0. The highest BCUT2D eigenvalue weighted by atomic mass is 16.5. The van der Waals surface area contributed by atoms with Crippen LogP contribution in [0, 0.1) is 5.92 Å². The normalized spacial score (nSPS) is 21.7. The fraction of sp³-hybridized carbons (Fsp3) is 0.842. The molecule has 154 valence electrons. The third-order valence-corrected chi connectivity index (χ3v) is 5.04. The summed E-state index contributed by atoms with van der Waals surface area (Å²) in [6.07, 6.45) is 5.01. The second kappa shape index (κ2) is 11.1. The Bertz CT molecular complexity index is 510. The number of ether oxygens (including phenoxy) is 2. The van der Waals surface area contributed by atoms with Crippen molar-refractivity contribution in [1.29, 1.82) is 0 Å². The van der Waals surface area contributed by atoms with Gasteiger partial charge in [-0.2, -0.15) is 0 Å². The molecule has 1 amide bonds. The molecule has 0 spiro atoms. The molecular weight excluding hydrogens is 348 g/mol. The number of nitrogens with one attached hydrogen (secondary N) is 1. The lowest BCUT2D eigenvalue weighted by atomic mass is 9.97. The lowest BCUT2D eigenvalue weighted by Crippen LogP contribution is -2.49. The van der Waals surface area contributed by atoms with Gasteiger partial charge >= 0.3 is 5.97 Å². The fourth-order valence-corrected chi connectivity index (χ4v) is 3.31. The van der Waals surface area contributed by atoms with Gasteiger partial charge in [-0.25, -0.2) is 4.99 Å². The van der Waals surface area contributed by atoms with E-state index in [1.165, 1.54) is 6.42 Å². The smallest absolute Gasteiger partial charge is 0.309 e. The molecule has 0 bridgehead atoms. The van der Waals surface area contributed by atoms with E-state index >= 15 is 0 Å². The largest absolute Gasteiger partial charge is 0.466 e. The Kier molecular flexibility index (Phi) is 8.84. The van der Waals surface area contributed by atoms with Crippen molar-refractivity contribution in [2.75, 3.05) is 53.5 Å². The zero-order chi connectivity index (χ0) is 19.6. The molecule has 1 unspecified atom stereocenters. The predicted molar refractivity (Wildman–Crippen MR) is 104 cm³/mol. The summed E-state index contributed by atoms with van der Waals surface area (Å²) in [5, 5.41) is 3.39. The number of carbonyl (C=O) groups excluding carboxylic acids is 2. The number of amides is 1. The molecule has 2 saturated heterocycles. The minimum atomic E-state index is -0.109. The Morgan fingerprint density at radius 1 is 1.22 bits per heavy atom. The molecule has 2 fully saturated rings. The molecule has 27 heavy (non-hydrogen) atoms. The Morgan fingerprint density at radius 2 is 1.96 bits per heavy atom. The Morgan fingerprint density at radius 3 is 2.56 bits per heavy atom. The summed E-state index contributed by atoms with van der Waals surface area (Å²) in [7, 11) is 3.46. The molecule has 0 radical (unpaired) electrons. The van der Waals surface area contributed by atoms with E-state index in [0.29, 0.717) is 13.2 Å². The van der Waals surface area contributed by atoms with Crippen molar-refractivity contribution in [3.8, 4) is 0 Å². The maximum Gasteiger partial charge on any atom is 0.309 e. The highest BCUT2D eigenvalue weighted by molar-refractivity contribution is 5.85. The number of guanidine groups is 1. The number of esters is 1. The van der Waals surface area contributed by atoms with Crippen LogP contribution in [0.3, 0.4) is 0 Å². The van der Waals surface area contributed by atoms with Crippen molar-refractivity contribution in [2.24, 2.45) is 10.9 Å². The molecule has 8 heteroatoms. The Hall–Kier alpha value is -1.83. The van der Waals surface area contributed by atoms with Crippen molar-refractivity contribution >= 4 is 17.8 Å². The molecular formula is C19H34N4O4. The van der Waals surface area contributed by atoms with Crippen LogP contribution in [0.5, 0.6) is 0 Å². The lowest BCUT2D eigenvalue weighted by Gasteiger charge is -2.34. The van der Waals surface area contributed by atoms with Crippen LogP contribution in [0.15, 0.2) is 4.99 Å². The number of likely N-dealkylation sites (tertiary alicyclic amines) is 1. The van der Waals surface area contributed by atoms with Gasteiger partial charge < -0.3 is 24.6 Å². The van der Waals surface area contributed by atoms with Gasteiger partial charge in [-0.05, 0) is 39.0 Å². The molecule has 0 aliphatic carbocycles. The standard InChI is InChI=1S/C19H34N4O4/c1-4-26-18(25)15-8-10-23(11-9-15)19(21-14-17(24)22(2)3)20-13-16-7-5-6-12-27-16/h15-16H,4-14H2,1-3H3,(H,20,21). The van der Waals surface area contributed by atoms with Crippen molar-refractivity contribution in [3.05, 3.63) is 0 Å². The van der Waals surface area contributed by atoms with E-state index in [1.807, 2.05) is 6.92 Å². The van der Waals surface area contributed by atoms with Gasteiger partial charge in [-0.3, -0.25) is 9.59 Å². The maximum atomic E-state index is 11.9. The summed E-state index contributed by atoms with van der Waals surface area (Å²) in [4.78, 5) is 32.1. The molecule has 0 saturated carbocycles. The van der Waals surface area contributed by atoms with Gasteiger partial charge in [-0.1, -0.05) is 0 Å². The molecule has 0 aromatic rings. The number of hydrogen-bond acceptors (Lipinski definition) is 5. The Labute approximate surface area is 162 Å². The summed E-state index contributed by atoms with van der Waals surface area (Å²) < 4.78 is 10.9. The van der Waals surface area contributed by atoms with Crippen LogP contribution in [-0.2, 0) is 19.1 Å². The highest BCUT2D eigenvalue weighted by Crippen LogP contribution is 2.19. The van der Waals surface area contributed by atoms with Gasteiger partial charge in [-0.15, -0.1) is 0 Å². The predicted octanol–water partition coefficient (Wildman–Crippen LogP) is 0.864. The van der Waals surface area contributed by atoms with E-state index in [4.69, 9.17) is 9.47 Å². The first-order valence-corrected chi connectivity index (χ1v) is 10.0. The van der Waals surface area contributed by atoms with E-state index in [0.717, 1.165) is 51.3 Å². The highest BCUT2D eigenvalue weighted by Gasteiger charge is 2.28. The summed E-state index contributed by atoms with van der Waals surface area (Å²) in [5.74, 6) is 0.529. The lowest BCUT2D eigenvalue weighted by molar-refractivity contribution is -0.149. The average Bonchev–Trinajstić information content (AvgIpc) is 2.69. The second-order valence-corrected chi connectivity index (χ2v) is 7.31. The van der Waals surface area contributed by atoms with Gasteiger partial charge in [0.25, 0.3) is 0 Å². The van der Waals surface area contributed by atoms with Crippen molar-refractivity contribution in [3.63, 3.8) is 0 Å². The average molecular weight is 383 g/mol. The number of hydrogen-bond donors (Lipinski definition) is 1. The molecule has 2 aliphatic rings. The Balaban J connectivity index is 1.93. The number of piperidine rings is 1. The fourth-order valence-electron chi connectivity index (χ4n) is 3.31. The minimum Gasteiger partial charge on any atom is -0.466 e. The van der Waals surface area contributed by atoms with Crippen molar-refractivity contribution < 1.29 is 19.1 Å². The molecule has 0 aromatic heterocycles. The van der Waals surface area contributed by atoms with Crippen LogP contribution in [0.4, 0.5) is 0 Å². The first kappa shape index (κ1) is 21.5. The molecule has 8 nitrogen and oxygen atoms in total. The quantitative estimate of drug-likeness (QED) is 0.417. The first-order valence-electron chi connectivity index (χ1n) is 10.0. The van der Waals surface area contributed by atoms with E-state index in [1.54, 1.807) is 19.0 Å². The van der Waals surface area contributed by atoms with E-state index in [9.17, 15) is 9.59 Å². The van der Waals surface area contributed by atoms with Gasteiger partial charge in [0.05, 0.1) is 18.6 Å². The van der Waals surface area contributed by atoms with Gasteiger partial charge in [0.2, 0.25) is 5.91 Å². The number of likely N-dealkylation sites (N-methyl/N-ethyl adjacent to an activating group) is 1. The van der Waals surface area contributed by atoms with Crippen LogP contribution in [0.2, 0.25) is 0 Å². The van der Waals surface area contributed by atoms with Gasteiger partial charge in [0, 0.05) is 40.3 Å². The van der Waals surface area contributed by atoms with E-state index in [2.05, 4.69) is 15.2 Å². The van der Waals surface area contributed by atoms with E-state index in [-0.39, 0.29) is 30.4 Å². The topological polar surface area (TPSA) is 83.5 Å².